The predicted octanol–water partition coefficient (Wildman–Crippen LogP) is 4.45. The molecule has 0 aliphatic carbocycles. The summed E-state index contributed by atoms with van der Waals surface area (Å²) in [6.45, 7) is 0.770. The first kappa shape index (κ1) is 17.8. The van der Waals surface area contributed by atoms with Gasteiger partial charge in [-0.15, -0.1) is 0 Å². The van der Waals surface area contributed by atoms with E-state index in [1.807, 2.05) is 83.5 Å². The fourth-order valence-electron chi connectivity index (χ4n) is 3.10. The highest BCUT2D eigenvalue weighted by Crippen LogP contribution is 2.25. The molecule has 4 rings (SSSR count). The second-order valence-electron chi connectivity index (χ2n) is 6.44. The molecule has 5 nitrogen and oxygen atoms in total. The number of esters is 1. The number of hydrogen-bond donors (Lipinski definition) is 0. The maximum Gasteiger partial charge on any atom is 0.359 e. The summed E-state index contributed by atoms with van der Waals surface area (Å²) in [5, 5.41) is 5.27. The molecule has 5 heteroatoms. The van der Waals surface area contributed by atoms with Gasteiger partial charge in [-0.25, -0.2) is 4.79 Å². The van der Waals surface area contributed by atoms with E-state index in [2.05, 4.69) is 5.10 Å². The molecule has 0 aliphatic rings. The van der Waals surface area contributed by atoms with Gasteiger partial charge in [0.25, 0.3) is 0 Å². The third-order valence-corrected chi connectivity index (χ3v) is 4.54. The number of hydrogen-bond acceptors (Lipinski definition) is 4. The topological polar surface area (TPSA) is 53.4 Å². The second-order valence-corrected chi connectivity index (χ2v) is 6.44. The van der Waals surface area contributed by atoms with Crippen LogP contribution in [0.2, 0.25) is 0 Å². The van der Waals surface area contributed by atoms with E-state index in [-0.39, 0.29) is 6.61 Å². The molecule has 0 bridgehead atoms. The maximum absolute atomic E-state index is 12.8. The summed E-state index contributed by atoms with van der Waals surface area (Å²) in [6.07, 6.45) is 0. The van der Waals surface area contributed by atoms with Crippen LogP contribution < -0.4 is 4.74 Å². The van der Waals surface area contributed by atoms with E-state index < -0.39 is 5.97 Å². The van der Waals surface area contributed by atoms with Crippen LogP contribution in [-0.4, -0.2) is 22.9 Å². The number of aromatic nitrogens is 2. The van der Waals surface area contributed by atoms with Crippen molar-refractivity contribution in [1.29, 1.82) is 0 Å². The summed E-state index contributed by atoms with van der Waals surface area (Å²) in [5.41, 5.74) is 3.19. The van der Waals surface area contributed by atoms with Crippen LogP contribution in [0, 0.1) is 0 Å². The number of methoxy groups -OCH3 is 1. The third-order valence-electron chi connectivity index (χ3n) is 4.54. The number of benzene rings is 3. The van der Waals surface area contributed by atoms with Crippen LogP contribution in [-0.2, 0) is 17.9 Å². The molecule has 0 saturated heterocycles. The van der Waals surface area contributed by atoms with Gasteiger partial charge in [-0.2, -0.15) is 5.10 Å². The van der Waals surface area contributed by atoms with Crippen molar-refractivity contribution in [2.24, 2.45) is 0 Å². The van der Waals surface area contributed by atoms with Gasteiger partial charge in [0.1, 0.15) is 12.4 Å². The Balaban J connectivity index is 1.67. The largest absolute Gasteiger partial charge is 0.497 e. The van der Waals surface area contributed by atoms with E-state index in [9.17, 15) is 4.79 Å². The molecule has 1 heterocycles. The van der Waals surface area contributed by atoms with Crippen molar-refractivity contribution in [1.82, 2.24) is 9.78 Å². The van der Waals surface area contributed by atoms with E-state index in [0.717, 1.165) is 16.6 Å². The molecular formula is C23H20N2O3. The van der Waals surface area contributed by atoms with Crippen LogP contribution in [0.25, 0.3) is 10.9 Å². The fraction of sp³-hybridized carbons (Fsp3) is 0.130. The Labute approximate surface area is 163 Å². The van der Waals surface area contributed by atoms with Crippen LogP contribution >= 0.6 is 0 Å². The average Bonchev–Trinajstić information content (AvgIpc) is 3.11. The van der Waals surface area contributed by atoms with Gasteiger partial charge in [0.15, 0.2) is 5.69 Å². The summed E-state index contributed by atoms with van der Waals surface area (Å²) in [5.74, 6) is 0.220. The average molecular weight is 372 g/mol. The standard InChI is InChI=1S/C23H20N2O3/c1-27-19-12-13-21-20(14-19)22(23(26)28-16-18-10-6-3-7-11-18)24-25(21)15-17-8-4-2-5-9-17/h2-14H,15-16H2,1H3. The summed E-state index contributed by atoms with van der Waals surface area (Å²) in [7, 11) is 1.60. The van der Waals surface area contributed by atoms with E-state index in [1.165, 1.54) is 0 Å². The Morgan fingerprint density at radius 1 is 0.929 bits per heavy atom. The van der Waals surface area contributed by atoms with Crippen molar-refractivity contribution in [2.75, 3.05) is 7.11 Å². The van der Waals surface area contributed by atoms with E-state index in [4.69, 9.17) is 9.47 Å². The number of ether oxygens (including phenoxy) is 2. The molecule has 0 spiro atoms. The van der Waals surface area contributed by atoms with Gasteiger partial charge >= 0.3 is 5.97 Å². The van der Waals surface area contributed by atoms with E-state index >= 15 is 0 Å². The molecule has 0 N–H and O–H groups in total. The minimum atomic E-state index is -0.450. The molecule has 0 atom stereocenters. The zero-order valence-corrected chi connectivity index (χ0v) is 15.5. The molecule has 0 aliphatic heterocycles. The molecule has 0 unspecified atom stereocenters. The Morgan fingerprint density at radius 2 is 1.61 bits per heavy atom. The van der Waals surface area contributed by atoms with Gasteiger partial charge < -0.3 is 9.47 Å². The smallest absolute Gasteiger partial charge is 0.359 e. The highest BCUT2D eigenvalue weighted by atomic mass is 16.5. The van der Waals surface area contributed by atoms with Crippen molar-refractivity contribution in [3.8, 4) is 5.75 Å². The molecule has 0 amide bonds. The lowest BCUT2D eigenvalue weighted by Gasteiger charge is -2.04. The van der Waals surface area contributed by atoms with Gasteiger partial charge in [-0.3, -0.25) is 4.68 Å². The number of rotatable bonds is 6. The van der Waals surface area contributed by atoms with E-state index in [1.54, 1.807) is 7.11 Å². The number of nitrogens with zero attached hydrogens (tertiary/aromatic N) is 2. The summed E-state index contributed by atoms with van der Waals surface area (Å²) in [6, 6.07) is 25.2. The lowest BCUT2D eigenvalue weighted by atomic mass is 10.2. The van der Waals surface area contributed by atoms with Crippen molar-refractivity contribution >= 4 is 16.9 Å². The van der Waals surface area contributed by atoms with Crippen LogP contribution in [0.1, 0.15) is 21.6 Å². The van der Waals surface area contributed by atoms with Crippen LogP contribution in [0.5, 0.6) is 5.75 Å². The van der Waals surface area contributed by atoms with Crippen molar-refractivity contribution in [3.05, 3.63) is 95.7 Å². The molecule has 0 fully saturated rings. The third kappa shape index (κ3) is 3.74. The van der Waals surface area contributed by atoms with Crippen molar-refractivity contribution in [3.63, 3.8) is 0 Å². The van der Waals surface area contributed by atoms with Crippen LogP contribution in [0.3, 0.4) is 0 Å². The second kappa shape index (κ2) is 7.96. The number of fused-ring (bicyclic) bond motifs is 1. The molecule has 0 radical (unpaired) electrons. The highest BCUT2D eigenvalue weighted by Gasteiger charge is 2.19. The Morgan fingerprint density at radius 3 is 2.29 bits per heavy atom. The Hall–Kier alpha value is -3.60. The number of carbonyl (C=O) groups is 1. The molecular weight excluding hydrogens is 352 g/mol. The lowest BCUT2D eigenvalue weighted by molar-refractivity contribution is 0.0467. The molecule has 0 saturated carbocycles. The summed E-state index contributed by atoms with van der Waals surface area (Å²) >= 11 is 0. The number of carbonyl (C=O) groups excluding carboxylic acids is 1. The van der Waals surface area contributed by atoms with Gasteiger partial charge in [0.05, 0.1) is 19.2 Å². The molecule has 140 valence electrons. The molecule has 3 aromatic carbocycles. The fourth-order valence-corrected chi connectivity index (χ4v) is 3.10. The van der Waals surface area contributed by atoms with Gasteiger partial charge in [-0.1, -0.05) is 60.7 Å². The van der Waals surface area contributed by atoms with Gasteiger partial charge in [0, 0.05) is 5.39 Å². The first-order chi connectivity index (χ1) is 13.7. The zero-order valence-electron chi connectivity index (χ0n) is 15.5. The summed E-state index contributed by atoms with van der Waals surface area (Å²) in [4.78, 5) is 12.8. The molecule has 28 heavy (non-hydrogen) atoms. The Kier molecular flexibility index (Phi) is 5.06. The van der Waals surface area contributed by atoms with Crippen molar-refractivity contribution < 1.29 is 14.3 Å². The van der Waals surface area contributed by atoms with Crippen molar-refractivity contribution in [2.45, 2.75) is 13.2 Å². The van der Waals surface area contributed by atoms with Gasteiger partial charge in [-0.05, 0) is 29.3 Å². The highest BCUT2D eigenvalue weighted by molar-refractivity contribution is 6.02. The lowest BCUT2D eigenvalue weighted by Crippen LogP contribution is -2.08. The summed E-state index contributed by atoms with van der Waals surface area (Å²) < 4.78 is 12.7. The molecule has 1 aromatic heterocycles. The van der Waals surface area contributed by atoms with Crippen LogP contribution in [0.4, 0.5) is 0 Å². The quantitative estimate of drug-likeness (QED) is 0.469. The minimum Gasteiger partial charge on any atom is -0.497 e. The first-order valence-corrected chi connectivity index (χ1v) is 9.04. The normalized spacial score (nSPS) is 10.8. The maximum atomic E-state index is 12.8. The SMILES string of the molecule is COc1ccc2c(c1)c(C(=O)OCc1ccccc1)nn2Cc1ccccc1. The minimum absolute atomic E-state index is 0.205. The zero-order chi connectivity index (χ0) is 19.3. The van der Waals surface area contributed by atoms with E-state index in [0.29, 0.717) is 23.4 Å². The van der Waals surface area contributed by atoms with Gasteiger partial charge in [0.2, 0.25) is 0 Å². The molecule has 4 aromatic rings. The van der Waals surface area contributed by atoms with Crippen LogP contribution in [0.15, 0.2) is 78.9 Å². The Bertz CT molecular complexity index is 1090. The first-order valence-electron chi connectivity index (χ1n) is 9.04. The monoisotopic (exact) mass is 372 g/mol. The predicted molar refractivity (Wildman–Crippen MR) is 107 cm³/mol.